The van der Waals surface area contributed by atoms with Gasteiger partial charge in [0.1, 0.15) is 18.3 Å². The Balaban J connectivity index is 0.000000245. The van der Waals surface area contributed by atoms with Crippen LogP contribution in [-0.2, 0) is 4.74 Å². The van der Waals surface area contributed by atoms with Crippen LogP contribution in [0.1, 0.15) is 16.7 Å². The van der Waals surface area contributed by atoms with Gasteiger partial charge in [-0.3, -0.25) is 19.1 Å². The number of aromatic nitrogens is 6. The molecule has 4 atom stereocenters. The molecule has 0 saturated carbocycles. The van der Waals surface area contributed by atoms with Gasteiger partial charge in [0, 0.05) is 6.07 Å². The van der Waals surface area contributed by atoms with Gasteiger partial charge in [0.2, 0.25) is 0 Å². The summed E-state index contributed by atoms with van der Waals surface area (Å²) in [6.45, 7) is -0.421. The molecule has 31 heavy (non-hydrogen) atoms. The molecule has 4 rings (SSSR count). The van der Waals surface area contributed by atoms with Crippen molar-refractivity contribution in [2.45, 2.75) is 24.5 Å². The van der Waals surface area contributed by atoms with Crippen LogP contribution in [0.3, 0.4) is 0 Å². The van der Waals surface area contributed by atoms with Gasteiger partial charge in [-0.05, 0) is 0 Å². The molecular formula is C15H15KN6O9. The Morgan fingerprint density at radius 1 is 1.19 bits per heavy atom. The molecule has 0 aromatic carbocycles. The van der Waals surface area contributed by atoms with Gasteiger partial charge in [-0.15, -0.1) is 0 Å². The smallest absolute Gasteiger partial charge is 0.543 e. The number of carbonyl (C=O) groups excluding carboxylic acids is 1. The molecule has 0 bridgehead atoms. The average molecular weight is 462 g/mol. The number of aromatic amines is 3. The van der Waals surface area contributed by atoms with Gasteiger partial charge in [0.25, 0.3) is 11.1 Å². The molecule has 0 amide bonds. The summed E-state index contributed by atoms with van der Waals surface area (Å²) in [5.41, 5.74) is -2.22. The minimum atomic E-state index is -1.59. The van der Waals surface area contributed by atoms with Crippen LogP contribution in [0.2, 0.25) is 0 Å². The van der Waals surface area contributed by atoms with Crippen molar-refractivity contribution in [1.29, 1.82) is 0 Å². The first-order valence-corrected chi connectivity index (χ1v) is 8.30. The zero-order valence-corrected chi connectivity index (χ0v) is 19.0. The number of aliphatic hydroxyl groups is 3. The fourth-order valence-corrected chi connectivity index (χ4v) is 2.74. The maximum absolute atomic E-state index is 11.5. The predicted molar refractivity (Wildman–Crippen MR) is 93.2 cm³/mol. The van der Waals surface area contributed by atoms with E-state index in [0.717, 1.165) is 6.07 Å². The van der Waals surface area contributed by atoms with Gasteiger partial charge in [-0.25, -0.2) is 14.8 Å². The minimum absolute atomic E-state index is 0. The van der Waals surface area contributed by atoms with Crippen molar-refractivity contribution in [3.63, 3.8) is 0 Å². The average Bonchev–Trinajstić information content (AvgIpc) is 3.24. The van der Waals surface area contributed by atoms with Crippen molar-refractivity contribution in [2.75, 3.05) is 6.61 Å². The third kappa shape index (κ3) is 5.43. The molecule has 160 valence electrons. The standard InChI is InChI=1S/C10H12N4O5.C5H4N2O4.K/c15-1-4-6(16)7(17)10(19-4)14-3-13-5-8(14)11-2-12-9(5)18;8-3-1-2(4(9)10)6-5(11)7-3;/h2-4,6-7,10,15-17H,1H2,(H,11,12,18);1H,(H,9,10)(H2,6,7,8,11);/q;;+1/p-1/t4-,6-,7-,10-;;/m1../s1. The van der Waals surface area contributed by atoms with Crippen molar-refractivity contribution in [3.8, 4) is 0 Å². The summed E-state index contributed by atoms with van der Waals surface area (Å²) in [7, 11) is 0. The van der Waals surface area contributed by atoms with Crippen LogP contribution in [0.5, 0.6) is 0 Å². The summed E-state index contributed by atoms with van der Waals surface area (Å²) in [6.07, 6.45) is -1.78. The van der Waals surface area contributed by atoms with Crippen LogP contribution < -0.4 is 73.3 Å². The first-order valence-electron chi connectivity index (χ1n) is 8.30. The molecule has 0 unspecified atom stereocenters. The Bertz CT molecular complexity index is 1210. The molecule has 0 spiro atoms. The molecule has 15 nitrogen and oxygen atoms in total. The summed E-state index contributed by atoms with van der Waals surface area (Å²) >= 11 is 0. The number of carbonyl (C=O) groups is 1. The number of ether oxygens (including phenoxy) is 1. The SMILES string of the molecule is O=C([O-])c1cc(=O)[nH]c(=O)[nH]1.O=c1[nH]cnc2c1ncn2[C@@H]1O[C@H](CO)[C@@H](O)[C@H]1O.[K+]. The number of imidazole rings is 1. The van der Waals surface area contributed by atoms with Crippen LogP contribution in [0.15, 0.2) is 33.1 Å². The number of nitrogens with zero attached hydrogens (tertiary/aromatic N) is 3. The number of carboxylic acid groups (broad SMARTS) is 1. The van der Waals surface area contributed by atoms with E-state index >= 15 is 0 Å². The number of hydrogen-bond donors (Lipinski definition) is 6. The van der Waals surface area contributed by atoms with Crippen molar-refractivity contribution in [3.05, 3.63) is 55.6 Å². The Morgan fingerprint density at radius 2 is 1.90 bits per heavy atom. The van der Waals surface area contributed by atoms with Crippen LogP contribution in [0, 0.1) is 0 Å². The van der Waals surface area contributed by atoms with E-state index < -0.39 is 59.6 Å². The monoisotopic (exact) mass is 462 g/mol. The van der Waals surface area contributed by atoms with Gasteiger partial charge in [-0.2, -0.15) is 0 Å². The zero-order valence-electron chi connectivity index (χ0n) is 15.9. The zero-order chi connectivity index (χ0) is 22.0. The van der Waals surface area contributed by atoms with E-state index in [9.17, 15) is 34.5 Å². The predicted octanol–water partition coefficient (Wildman–Crippen LogP) is -7.84. The fourth-order valence-electron chi connectivity index (χ4n) is 2.74. The number of H-pyrrole nitrogens is 3. The first kappa shape index (κ1) is 25.2. The molecule has 3 aromatic heterocycles. The molecule has 1 aliphatic rings. The Labute approximate surface area is 213 Å². The van der Waals surface area contributed by atoms with E-state index in [1.807, 2.05) is 9.97 Å². The molecule has 6 N–H and O–H groups in total. The van der Waals surface area contributed by atoms with Gasteiger partial charge in [0.05, 0.1) is 30.9 Å². The van der Waals surface area contributed by atoms with E-state index in [1.54, 1.807) is 0 Å². The maximum Gasteiger partial charge on any atom is 1.00 e. The Kier molecular flexibility index (Phi) is 8.57. The fraction of sp³-hybridized carbons (Fsp3) is 0.333. The third-order valence-corrected chi connectivity index (χ3v) is 4.14. The summed E-state index contributed by atoms with van der Waals surface area (Å²) in [6, 6.07) is 0.733. The van der Waals surface area contributed by atoms with E-state index in [1.165, 1.54) is 17.2 Å². The van der Waals surface area contributed by atoms with Crippen molar-refractivity contribution < 1.29 is 81.3 Å². The Morgan fingerprint density at radius 3 is 2.48 bits per heavy atom. The van der Waals surface area contributed by atoms with Gasteiger partial charge < -0.3 is 39.9 Å². The molecule has 1 saturated heterocycles. The van der Waals surface area contributed by atoms with E-state index in [0.29, 0.717) is 0 Å². The van der Waals surface area contributed by atoms with Gasteiger partial charge in [0.15, 0.2) is 17.4 Å². The molecule has 0 radical (unpaired) electrons. The number of hydrogen-bond acceptors (Lipinski definition) is 11. The molecule has 16 heteroatoms. The minimum Gasteiger partial charge on any atom is -0.543 e. The van der Waals surface area contributed by atoms with E-state index in [4.69, 9.17) is 9.84 Å². The molecular weight excluding hydrogens is 447 g/mol. The van der Waals surface area contributed by atoms with Crippen LogP contribution in [-0.4, -0.2) is 75.7 Å². The maximum atomic E-state index is 11.5. The second-order valence-electron chi connectivity index (χ2n) is 6.07. The van der Waals surface area contributed by atoms with Crippen molar-refractivity contribution in [1.82, 2.24) is 29.5 Å². The number of fused-ring (bicyclic) bond motifs is 1. The second kappa shape index (κ2) is 10.5. The van der Waals surface area contributed by atoms with E-state index in [2.05, 4.69) is 15.0 Å². The van der Waals surface area contributed by atoms with E-state index in [-0.39, 0.29) is 62.5 Å². The van der Waals surface area contributed by atoms with Gasteiger partial charge >= 0.3 is 57.1 Å². The number of aliphatic hydroxyl groups excluding tert-OH is 3. The summed E-state index contributed by atoms with van der Waals surface area (Å²) in [4.78, 5) is 56.4. The Hall–Kier alpha value is -2.02. The number of nitrogens with one attached hydrogen (secondary N) is 3. The quantitative estimate of drug-likeness (QED) is 0.200. The first-order chi connectivity index (χ1) is 14.2. The number of aromatic carboxylic acids is 1. The number of carboxylic acids is 1. The van der Waals surface area contributed by atoms with Crippen LogP contribution in [0.4, 0.5) is 0 Å². The summed E-state index contributed by atoms with van der Waals surface area (Å²) in [5.74, 6) is -1.59. The third-order valence-electron chi connectivity index (χ3n) is 4.14. The molecule has 3 aromatic rings. The topological polar surface area (TPSA) is 239 Å². The molecule has 4 heterocycles. The molecule has 1 fully saturated rings. The van der Waals surface area contributed by atoms with Crippen molar-refractivity contribution in [2.24, 2.45) is 0 Å². The van der Waals surface area contributed by atoms with Crippen LogP contribution in [0.25, 0.3) is 11.2 Å². The van der Waals surface area contributed by atoms with Crippen LogP contribution >= 0.6 is 0 Å². The van der Waals surface area contributed by atoms with Gasteiger partial charge in [-0.1, -0.05) is 0 Å². The summed E-state index contributed by atoms with van der Waals surface area (Å²) in [5, 5.41) is 38.7. The number of rotatable bonds is 3. The molecule has 1 aliphatic heterocycles. The normalized spacial score (nSPS) is 22.4. The van der Waals surface area contributed by atoms with Crippen molar-refractivity contribution >= 4 is 17.1 Å². The second-order valence-corrected chi connectivity index (χ2v) is 6.07. The summed E-state index contributed by atoms with van der Waals surface area (Å²) < 4.78 is 6.70. The largest absolute Gasteiger partial charge is 1.00 e. The molecule has 0 aliphatic carbocycles.